The van der Waals surface area contributed by atoms with Crippen LogP contribution in [0.25, 0.3) is 5.69 Å². The van der Waals surface area contributed by atoms with Crippen molar-refractivity contribution < 1.29 is 4.79 Å². The number of fused-ring (bicyclic) bond motifs is 1. The number of nitrogens with two attached hydrogens (primary N) is 1. The molecule has 3 heterocycles. The van der Waals surface area contributed by atoms with Crippen molar-refractivity contribution in [3.63, 3.8) is 0 Å². The third-order valence-corrected chi connectivity index (χ3v) is 5.75. The molecule has 0 unspecified atom stereocenters. The van der Waals surface area contributed by atoms with Crippen LogP contribution in [0.2, 0.25) is 0 Å². The van der Waals surface area contributed by atoms with Crippen molar-refractivity contribution in [2.24, 2.45) is 5.73 Å². The Morgan fingerprint density at radius 2 is 1.97 bits per heavy atom. The van der Waals surface area contributed by atoms with Crippen LogP contribution < -0.4 is 21.7 Å². The van der Waals surface area contributed by atoms with Crippen molar-refractivity contribution in [2.75, 3.05) is 17.2 Å². The Balaban J connectivity index is 1.48. The summed E-state index contributed by atoms with van der Waals surface area (Å²) < 4.78 is 0. The molecule has 5 N–H and O–H groups in total. The van der Waals surface area contributed by atoms with Crippen molar-refractivity contribution in [2.45, 2.75) is 44.2 Å². The van der Waals surface area contributed by atoms with Crippen molar-refractivity contribution in [1.82, 2.24) is 30.3 Å². The highest BCUT2D eigenvalue weighted by Gasteiger charge is 2.27. The van der Waals surface area contributed by atoms with Gasteiger partial charge in [0.05, 0.1) is 23.8 Å². The molecule has 0 saturated heterocycles. The van der Waals surface area contributed by atoms with Crippen LogP contribution in [0, 0.1) is 0 Å². The third kappa shape index (κ3) is 4.06. The van der Waals surface area contributed by atoms with Gasteiger partial charge < -0.3 is 21.7 Å². The maximum atomic E-state index is 12.6. The fraction of sp³-hybridized carbons (Fsp3) is 0.381. The van der Waals surface area contributed by atoms with E-state index in [0.29, 0.717) is 30.3 Å². The van der Waals surface area contributed by atoms with E-state index in [0.717, 1.165) is 42.8 Å². The molecular formula is C21H25N9O. The Morgan fingerprint density at radius 1 is 1.13 bits per heavy atom. The van der Waals surface area contributed by atoms with Crippen LogP contribution in [-0.2, 0) is 6.42 Å². The van der Waals surface area contributed by atoms with Crippen molar-refractivity contribution >= 4 is 23.4 Å². The number of carbonyl (C=O) groups is 1. The smallest absolute Gasteiger partial charge is 0.256 e. The van der Waals surface area contributed by atoms with Crippen LogP contribution in [0.4, 0.5) is 17.5 Å². The van der Waals surface area contributed by atoms with Gasteiger partial charge in [0, 0.05) is 30.7 Å². The average molecular weight is 419 g/mol. The highest BCUT2D eigenvalue weighted by molar-refractivity contribution is 6.01. The number of hydrogen-bond donors (Lipinski definition) is 4. The summed E-state index contributed by atoms with van der Waals surface area (Å²) in [6.45, 7) is 0.561. The normalized spacial score (nSPS) is 20.6. The largest absolute Gasteiger partial charge is 0.351 e. The zero-order chi connectivity index (χ0) is 21.2. The van der Waals surface area contributed by atoms with Gasteiger partial charge in [0.1, 0.15) is 11.4 Å². The van der Waals surface area contributed by atoms with E-state index in [-0.39, 0.29) is 18.0 Å². The number of rotatable bonds is 5. The number of benzene rings is 1. The molecule has 31 heavy (non-hydrogen) atoms. The molecule has 0 spiro atoms. The zero-order valence-electron chi connectivity index (χ0n) is 17.1. The number of aromatic nitrogens is 5. The molecule has 1 amide bonds. The van der Waals surface area contributed by atoms with E-state index < -0.39 is 0 Å². The first-order chi connectivity index (χ1) is 15.2. The Hall–Kier alpha value is -3.53. The topological polar surface area (TPSA) is 136 Å². The summed E-state index contributed by atoms with van der Waals surface area (Å²) in [5, 5.41) is 17.9. The van der Waals surface area contributed by atoms with Crippen molar-refractivity contribution in [1.29, 1.82) is 0 Å². The summed E-state index contributed by atoms with van der Waals surface area (Å²) in [6.07, 6.45) is 8.17. The summed E-state index contributed by atoms with van der Waals surface area (Å²) in [4.78, 5) is 23.5. The van der Waals surface area contributed by atoms with Crippen molar-refractivity contribution in [3.8, 4) is 5.69 Å². The van der Waals surface area contributed by atoms with E-state index in [1.807, 2.05) is 24.3 Å². The minimum absolute atomic E-state index is 0.0753. The second-order valence-corrected chi connectivity index (χ2v) is 7.92. The summed E-state index contributed by atoms with van der Waals surface area (Å²) >= 11 is 0. The molecule has 10 heteroatoms. The first-order valence-electron chi connectivity index (χ1n) is 10.6. The van der Waals surface area contributed by atoms with E-state index in [1.54, 1.807) is 12.4 Å². The van der Waals surface area contributed by atoms with E-state index >= 15 is 0 Å². The summed E-state index contributed by atoms with van der Waals surface area (Å²) in [5.41, 5.74) is 9.09. The molecule has 5 rings (SSSR count). The number of carbonyl (C=O) groups excluding carboxylic acids is 1. The van der Waals surface area contributed by atoms with Gasteiger partial charge in [-0.3, -0.25) is 4.79 Å². The lowest BCUT2D eigenvalue weighted by Crippen LogP contribution is -2.43. The highest BCUT2D eigenvalue weighted by atomic mass is 16.1. The predicted molar refractivity (Wildman–Crippen MR) is 117 cm³/mol. The van der Waals surface area contributed by atoms with Crippen LogP contribution >= 0.6 is 0 Å². The number of hydrogen-bond acceptors (Lipinski definition) is 8. The van der Waals surface area contributed by atoms with Gasteiger partial charge in [0.25, 0.3) is 5.91 Å². The molecule has 160 valence electrons. The number of nitrogens with zero attached hydrogens (tertiary/aromatic N) is 5. The third-order valence-electron chi connectivity index (χ3n) is 5.75. The fourth-order valence-corrected chi connectivity index (χ4v) is 4.16. The Kier molecular flexibility index (Phi) is 5.21. The van der Waals surface area contributed by atoms with Gasteiger partial charge in [0.2, 0.25) is 5.95 Å². The molecule has 2 aromatic heterocycles. The maximum absolute atomic E-state index is 12.6. The molecule has 3 aromatic rings. The average Bonchev–Trinajstić information content (AvgIpc) is 3.31. The molecule has 1 aliphatic carbocycles. The van der Waals surface area contributed by atoms with Crippen molar-refractivity contribution in [3.05, 3.63) is 47.9 Å². The minimum atomic E-state index is -0.172. The van der Waals surface area contributed by atoms with Gasteiger partial charge in [0.15, 0.2) is 0 Å². The van der Waals surface area contributed by atoms with Gasteiger partial charge in [-0.05, 0) is 31.0 Å². The van der Waals surface area contributed by atoms with E-state index in [1.165, 1.54) is 4.80 Å². The molecule has 2 atom stereocenters. The van der Waals surface area contributed by atoms with Crippen LogP contribution in [0.1, 0.15) is 41.7 Å². The van der Waals surface area contributed by atoms with E-state index in [9.17, 15) is 4.79 Å². The SMILES string of the molecule is N[C@H]1CCCC[C@H]1Nc1nc2c(c(Nc3cccc(-n4nccn4)c3)n1)C(=O)NCC2. The van der Waals surface area contributed by atoms with Gasteiger partial charge in [-0.1, -0.05) is 18.9 Å². The lowest BCUT2D eigenvalue weighted by atomic mass is 9.91. The van der Waals surface area contributed by atoms with Crippen LogP contribution in [0.5, 0.6) is 0 Å². The summed E-state index contributed by atoms with van der Waals surface area (Å²) in [6, 6.07) is 7.82. The monoisotopic (exact) mass is 419 g/mol. The number of nitrogens with one attached hydrogen (secondary N) is 3. The molecule has 0 bridgehead atoms. The Bertz CT molecular complexity index is 1080. The molecule has 1 aromatic carbocycles. The number of anilines is 3. The highest BCUT2D eigenvalue weighted by Crippen LogP contribution is 2.27. The molecule has 10 nitrogen and oxygen atoms in total. The van der Waals surface area contributed by atoms with Crippen LogP contribution in [-0.4, -0.2) is 49.5 Å². The molecule has 2 aliphatic rings. The maximum Gasteiger partial charge on any atom is 0.256 e. The van der Waals surface area contributed by atoms with Gasteiger partial charge in [-0.25, -0.2) is 4.98 Å². The lowest BCUT2D eigenvalue weighted by Gasteiger charge is -2.30. The summed E-state index contributed by atoms with van der Waals surface area (Å²) in [7, 11) is 0. The van der Waals surface area contributed by atoms with Gasteiger partial charge >= 0.3 is 0 Å². The quantitative estimate of drug-likeness (QED) is 0.491. The predicted octanol–water partition coefficient (Wildman–Crippen LogP) is 1.77. The first-order valence-corrected chi connectivity index (χ1v) is 10.6. The second kappa shape index (κ2) is 8.31. The molecule has 1 fully saturated rings. The fourth-order valence-electron chi connectivity index (χ4n) is 4.16. The lowest BCUT2D eigenvalue weighted by molar-refractivity contribution is 0.0945. The van der Waals surface area contributed by atoms with Crippen LogP contribution in [0.3, 0.4) is 0 Å². The second-order valence-electron chi connectivity index (χ2n) is 7.92. The summed E-state index contributed by atoms with van der Waals surface area (Å²) in [5.74, 6) is 0.803. The van der Waals surface area contributed by atoms with Gasteiger partial charge in [-0.15, -0.1) is 0 Å². The number of amides is 1. The van der Waals surface area contributed by atoms with Gasteiger partial charge in [-0.2, -0.15) is 20.0 Å². The molecule has 1 saturated carbocycles. The standard InChI is InChI=1S/C21H25N9O/c22-15-6-1-2-7-16(15)27-21-28-17-8-9-23-20(31)18(17)19(29-21)26-13-4-3-5-14(12-13)30-24-10-11-25-30/h3-5,10-12,15-16H,1-2,6-9,22H2,(H,23,31)(H2,26,27,28,29)/t15-,16+/m0/s1. The minimum Gasteiger partial charge on any atom is -0.351 e. The molecule has 1 aliphatic heterocycles. The Morgan fingerprint density at radius 3 is 2.81 bits per heavy atom. The molecule has 0 radical (unpaired) electrons. The Labute approximate surface area is 179 Å². The van der Waals surface area contributed by atoms with E-state index in [4.69, 9.17) is 5.73 Å². The molecular weight excluding hydrogens is 394 g/mol. The van der Waals surface area contributed by atoms with Crippen LogP contribution in [0.15, 0.2) is 36.7 Å². The zero-order valence-corrected chi connectivity index (χ0v) is 17.1. The first kappa shape index (κ1) is 19.4. The van der Waals surface area contributed by atoms with E-state index in [2.05, 4.69) is 36.1 Å².